The third-order valence-corrected chi connectivity index (χ3v) is 2.59. The second-order valence-electron chi connectivity index (χ2n) is 4.09. The van der Waals surface area contributed by atoms with E-state index in [4.69, 9.17) is 15.2 Å². The van der Waals surface area contributed by atoms with Gasteiger partial charge < -0.3 is 15.2 Å². The number of aromatic nitrogens is 2. The summed E-state index contributed by atoms with van der Waals surface area (Å²) < 4.78 is 11.4. The second kappa shape index (κ2) is 6.04. The van der Waals surface area contributed by atoms with Gasteiger partial charge in [0, 0.05) is 0 Å². The van der Waals surface area contributed by atoms with Crippen molar-refractivity contribution in [2.24, 2.45) is 0 Å². The van der Waals surface area contributed by atoms with E-state index in [0.717, 1.165) is 6.42 Å². The van der Waals surface area contributed by atoms with Crippen molar-refractivity contribution in [3.8, 4) is 17.4 Å². The number of ether oxygens (including phenoxy) is 2. The van der Waals surface area contributed by atoms with Gasteiger partial charge in [0.05, 0.1) is 12.2 Å². The van der Waals surface area contributed by atoms with Crippen molar-refractivity contribution >= 4 is 5.82 Å². The summed E-state index contributed by atoms with van der Waals surface area (Å²) >= 11 is 0. The summed E-state index contributed by atoms with van der Waals surface area (Å²) in [6.45, 7) is 4.52. The first-order valence-electron chi connectivity index (χ1n) is 6.19. The highest BCUT2D eigenvalue weighted by Gasteiger charge is 2.10. The number of nitrogens with two attached hydrogens (primary N) is 1. The van der Waals surface area contributed by atoms with Gasteiger partial charge >= 0.3 is 0 Å². The van der Waals surface area contributed by atoms with Crippen LogP contribution in [0.4, 0.5) is 5.82 Å². The average molecular weight is 259 g/mol. The molecule has 0 unspecified atom stereocenters. The first-order valence-corrected chi connectivity index (χ1v) is 6.19. The van der Waals surface area contributed by atoms with Crippen molar-refractivity contribution in [2.75, 3.05) is 12.3 Å². The molecule has 1 heterocycles. The van der Waals surface area contributed by atoms with Crippen molar-refractivity contribution in [3.63, 3.8) is 0 Å². The minimum atomic E-state index is 0.414. The van der Waals surface area contributed by atoms with E-state index in [-0.39, 0.29) is 0 Å². The van der Waals surface area contributed by atoms with Crippen LogP contribution in [0.5, 0.6) is 17.4 Å². The van der Waals surface area contributed by atoms with Gasteiger partial charge in [-0.05, 0) is 25.5 Å². The highest BCUT2D eigenvalue weighted by molar-refractivity contribution is 5.47. The third-order valence-electron chi connectivity index (χ3n) is 2.59. The molecule has 2 rings (SSSR count). The summed E-state index contributed by atoms with van der Waals surface area (Å²) in [7, 11) is 0. The van der Waals surface area contributed by atoms with Crippen LogP contribution < -0.4 is 15.2 Å². The molecule has 100 valence electrons. The van der Waals surface area contributed by atoms with Crippen LogP contribution in [0.1, 0.15) is 18.9 Å². The number of benzene rings is 1. The highest BCUT2D eigenvalue weighted by Crippen LogP contribution is 2.32. The fourth-order valence-corrected chi connectivity index (χ4v) is 1.52. The molecule has 0 aliphatic carbocycles. The average Bonchev–Trinajstić information content (AvgIpc) is 2.43. The first kappa shape index (κ1) is 13.1. The Morgan fingerprint density at radius 2 is 1.89 bits per heavy atom. The Morgan fingerprint density at radius 1 is 1.16 bits per heavy atom. The summed E-state index contributed by atoms with van der Waals surface area (Å²) in [4.78, 5) is 8.00. The molecule has 0 amide bonds. The van der Waals surface area contributed by atoms with Crippen LogP contribution in [0.15, 0.2) is 30.6 Å². The third kappa shape index (κ3) is 3.13. The van der Waals surface area contributed by atoms with Crippen molar-refractivity contribution < 1.29 is 9.47 Å². The van der Waals surface area contributed by atoms with Crippen LogP contribution >= 0.6 is 0 Å². The lowest BCUT2D eigenvalue weighted by molar-refractivity contribution is 0.300. The van der Waals surface area contributed by atoms with Gasteiger partial charge in [-0.1, -0.05) is 19.1 Å². The topological polar surface area (TPSA) is 70.3 Å². The Labute approximate surface area is 112 Å². The van der Waals surface area contributed by atoms with Gasteiger partial charge in [0.2, 0.25) is 5.88 Å². The van der Waals surface area contributed by atoms with Crippen molar-refractivity contribution in [2.45, 2.75) is 20.3 Å². The minimum Gasteiger partial charge on any atom is -0.490 e. The Hall–Kier alpha value is -2.30. The van der Waals surface area contributed by atoms with Crippen LogP contribution in [-0.2, 0) is 0 Å². The van der Waals surface area contributed by atoms with E-state index in [1.807, 2.05) is 31.2 Å². The largest absolute Gasteiger partial charge is 0.490 e. The molecule has 0 saturated carbocycles. The molecule has 2 aromatic rings. The fourth-order valence-electron chi connectivity index (χ4n) is 1.52. The van der Waals surface area contributed by atoms with E-state index in [9.17, 15) is 0 Å². The Bertz CT molecular complexity index is 558. The predicted octanol–water partition coefficient (Wildman–Crippen LogP) is 2.95. The molecule has 0 aliphatic rings. The van der Waals surface area contributed by atoms with Gasteiger partial charge in [-0.3, -0.25) is 0 Å². The van der Waals surface area contributed by atoms with E-state index >= 15 is 0 Å². The zero-order valence-corrected chi connectivity index (χ0v) is 11.1. The molecule has 1 aromatic heterocycles. The molecule has 1 aromatic carbocycles. The second-order valence-corrected chi connectivity index (χ2v) is 4.09. The minimum absolute atomic E-state index is 0.414. The number of para-hydroxylation sites is 2. The molecule has 0 bridgehead atoms. The molecule has 0 saturated heterocycles. The Kier molecular flexibility index (Phi) is 4.18. The van der Waals surface area contributed by atoms with Crippen LogP contribution in [0.3, 0.4) is 0 Å². The Morgan fingerprint density at radius 3 is 2.63 bits per heavy atom. The number of nitrogens with zero attached hydrogens (tertiary/aromatic N) is 2. The van der Waals surface area contributed by atoms with Gasteiger partial charge in [-0.2, -0.15) is 0 Å². The van der Waals surface area contributed by atoms with Crippen LogP contribution in [-0.4, -0.2) is 16.6 Å². The molecule has 2 N–H and O–H groups in total. The van der Waals surface area contributed by atoms with E-state index < -0.39 is 0 Å². The molecule has 0 fully saturated rings. The molecule has 0 atom stereocenters. The zero-order chi connectivity index (χ0) is 13.7. The smallest absolute Gasteiger partial charge is 0.227 e. The van der Waals surface area contributed by atoms with E-state index in [1.54, 1.807) is 0 Å². The highest BCUT2D eigenvalue weighted by atomic mass is 16.5. The van der Waals surface area contributed by atoms with E-state index in [0.29, 0.717) is 35.4 Å². The quantitative estimate of drug-likeness (QED) is 0.893. The summed E-state index contributed by atoms with van der Waals surface area (Å²) in [5.74, 6) is 2.18. The molecule has 0 radical (unpaired) electrons. The fraction of sp³-hybridized carbons (Fsp3) is 0.286. The van der Waals surface area contributed by atoms with Crippen molar-refractivity contribution in [3.05, 3.63) is 36.2 Å². The maximum Gasteiger partial charge on any atom is 0.227 e. The van der Waals surface area contributed by atoms with Crippen LogP contribution in [0.2, 0.25) is 0 Å². The Balaban J connectivity index is 2.25. The molecule has 0 spiro atoms. The number of hydrogen-bond acceptors (Lipinski definition) is 5. The number of rotatable bonds is 5. The SMILES string of the molecule is CCCOc1ccccc1Oc1ncnc(N)c1C. The van der Waals surface area contributed by atoms with Gasteiger partial charge in [-0.15, -0.1) is 0 Å². The van der Waals surface area contributed by atoms with Gasteiger partial charge in [0.1, 0.15) is 12.1 Å². The maximum absolute atomic E-state index is 5.76. The van der Waals surface area contributed by atoms with Crippen LogP contribution in [0, 0.1) is 6.92 Å². The first-order chi connectivity index (χ1) is 9.22. The lowest BCUT2D eigenvalue weighted by atomic mass is 10.3. The van der Waals surface area contributed by atoms with Crippen molar-refractivity contribution in [1.82, 2.24) is 9.97 Å². The maximum atomic E-state index is 5.76. The summed E-state index contributed by atoms with van der Waals surface area (Å²) in [5.41, 5.74) is 6.45. The molecule has 0 aliphatic heterocycles. The zero-order valence-electron chi connectivity index (χ0n) is 11.1. The number of hydrogen-bond donors (Lipinski definition) is 1. The van der Waals surface area contributed by atoms with E-state index in [1.165, 1.54) is 6.33 Å². The molecule has 19 heavy (non-hydrogen) atoms. The lowest BCUT2D eigenvalue weighted by Crippen LogP contribution is -2.01. The number of anilines is 1. The molecule has 5 heteroatoms. The molecular formula is C14H17N3O2. The molecule has 5 nitrogen and oxygen atoms in total. The summed E-state index contributed by atoms with van der Waals surface area (Å²) in [6.07, 6.45) is 2.32. The summed E-state index contributed by atoms with van der Waals surface area (Å²) in [5, 5.41) is 0. The monoisotopic (exact) mass is 259 g/mol. The van der Waals surface area contributed by atoms with Crippen LogP contribution in [0.25, 0.3) is 0 Å². The standard InChI is InChI=1S/C14H17N3O2/c1-3-8-18-11-6-4-5-7-12(11)19-14-10(2)13(15)16-9-17-14/h4-7,9H,3,8H2,1-2H3,(H2,15,16,17). The molecular weight excluding hydrogens is 242 g/mol. The lowest BCUT2D eigenvalue weighted by Gasteiger charge is -2.12. The van der Waals surface area contributed by atoms with Gasteiger partial charge in [0.15, 0.2) is 11.5 Å². The van der Waals surface area contributed by atoms with Crippen molar-refractivity contribution in [1.29, 1.82) is 0 Å². The van der Waals surface area contributed by atoms with Gasteiger partial charge in [0.25, 0.3) is 0 Å². The van der Waals surface area contributed by atoms with E-state index in [2.05, 4.69) is 16.9 Å². The summed E-state index contributed by atoms with van der Waals surface area (Å²) in [6, 6.07) is 7.49. The normalized spacial score (nSPS) is 10.2. The van der Waals surface area contributed by atoms with Gasteiger partial charge in [-0.25, -0.2) is 9.97 Å². The number of nitrogen functional groups attached to an aromatic ring is 1. The predicted molar refractivity (Wildman–Crippen MR) is 73.5 cm³/mol.